The molecule has 1 aromatic heterocycles. The van der Waals surface area contributed by atoms with Crippen LogP contribution in [0.3, 0.4) is 0 Å². The third-order valence-electron chi connectivity index (χ3n) is 3.96. The molecule has 0 aliphatic carbocycles. The minimum absolute atomic E-state index is 0.158. The van der Waals surface area contributed by atoms with Gasteiger partial charge in [0, 0.05) is 11.1 Å². The highest BCUT2D eigenvalue weighted by molar-refractivity contribution is 6.30. The molecule has 0 fully saturated rings. The van der Waals surface area contributed by atoms with Crippen LogP contribution in [-0.4, -0.2) is 15.9 Å². The van der Waals surface area contributed by atoms with Crippen molar-refractivity contribution < 1.29 is 4.79 Å². The number of carbonyl (C=O) groups excluding carboxylic acids is 1. The molecule has 0 aliphatic heterocycles. The van der Waals surface area contributed by atoms with E-state index in [0.717, 1.165) is 22.4 Å². The van der Waals surface area contributed by atoms with E-state index in [4.69, 9.17) is 11.6 Å². The molecule has 1 amide bonds. The van der Waals surface area contributed by atoms with Crippen molar-refractivity contribution in [2.24, 2.45) is 5.92 Å². The zero-order valence-corrected chi connectivity index (χ0v) is 14.9. The third-order valence-corrected chi connectivity index (χ3v) is 4.22. The zero-order valence-electron chi connectivity index (χ0n) is 14.2. The number of nitrogens with zero attached hydrogens (tertiary/aromatic N) is 1. The Morgan fingerprint density at radius 3 is 2.56 bits per heavy atom. The van der Waals surface area contributed by atoms with Crippen molar-refractivity contribution in [2.75, 3.05) is 0 Å². The second-order valence-corrected chi connectivity index (χ2v) is 6.69. The van der Waals surface area contributed by atoms with Gasteiger partial charge in [-0.1, -0.05) is 49.7 Å². The monoisotopic (exact) mass is 353 g/mol. The van der Waals surface area contributed by atoms with Gasteiger partial charge in [-0.05, 0) is 41.8 Å². The first-order valence-corrected chi connectivity index (χ1v) is 8.59. The standard InChI is InChI=1S/C20H20ClN3O/c1-13(2)19(20-22-16-5-3-4-6-17(16)23-20)24-18(25)12-9-14-7-10-15(21)11-8-14/h3-13,19H,1-2H3,(H,22,23)(H,24,25)/b12-9+/t19-/m0/s1. The van der Waals surface area contributed by atoms with Gasteiger partial charge in [0.15, 0.2) is 0 Å². The highest BCUT2D eigenvalue weighted by Crippen LogP contribution is 2.22. The number of carbonyl (C=O) groups is 1. The molecule has 0 spiro atoms. The summed E-state index contributed by atoms with van der Waals surface area (Å²) in [6, 6.07) is 15.0. The van der Waals surface area contributed by atoms with Crippen molar-refractivity contribution in [1.29, 1.82) is 0 Å². The summed E-state index contributed by atoms with van der Waals surface area (Å²) < 4.78 is 0. The average Bonchev–Trinajstić information content (AvgIpc) is 3.02. The van der Waals surface area contributed by atoms with Gasteiger partial charge in [0.1, 0.15) is 5.82 Å². The molecule has 1 heterocycles. The Morgan fingerprint density at radius 1 is 1.16 bits per heavy atom. The number of nitrogens with one attached hydrogen (secondary N) is 2. The number of para-hydroxylation sites is 2. The Morgan fingerprint density at radius 2 is 1.88 bits per heavy atom. The van der Waals surface area contributed by atoms with Crippen molar-refractivity contribution in [1.82, 2.24) is 15.3 Å². The van der Waals surface area contributed by atoms with Crippen molar-refractivity contribution in [3.63, 3.8) is 0 Å². The van der Waals surface area contributed by atoms with Crippen molar-refractivity contribution in [3.05, 3.63) is 71.0 Å². The topological polar surface area (TPSA) is 57.8 Å². The lowest BCUT2D eigenvalue weighted by atomic mass is 10.0. The molecular weight excluding hydrogens is 334 g/mol. The van der Waals surface area contributed by atoms with Gasteiger partial charge in [0.05, 0.1) is 17.1 Å². The quantitative estimate of drug-likeness (QED) is 0.651. The lowest BCUT2D eigenvalue weighted by Crippen LogP contribution is -2.31. The van der Waals surface area contributed by atoms with E-state index in [1.165, 1.54) is 6.08 Å². The van der Waals surface area contributed by atoms with Gasteiger partial charge in [-0.15, -0.1) is 0 Å². The van der Waals surface area contributed by atoms with E-state index < -0.39 is 0 Å². The lowest BCUT2D eigenvalue weighted by molar-refractivity contribution is -0.117. The number of amides is 1. The van der Waals surface area contributed by atoms with E-state index in [-0.39, 0.29) is 17.9 Å². The van der Waals surface area contributed by atoms with Crippen LogP contribution in [0.4, 0.5) is 0 Å². The highest BCUT2D eigenvalue weighted by atomic mass is 35.5. The van der Waals surface area contributed by atoms with Gasteiger partial charge in [0.2, 0.25) is 5.91 Å². The predicted molar refractivity (Wildman–Crippen MR) is 102 cm³/mol. The maximum atomic E-state index is 12.3. The van der Waals surface area contributed by atoms with E-state index in [9.17, 15) is 4.79 Å². The van der Waals surface area contributed by atoms with Gasteiger partial charge in [0.25, 0.3) is 0 Å². The number of H-pyrrole nitrogens is 1. The largest absolute Gasteiger partial charge is 0.342 e. The van der Waals surface area contributed by atoms with Crippen LogP contribution in [0.1, 0.15) is 31.3 Å². The smallest absolute Gasteiger partial charge is 0.244 e. The second kappa shape index (κ2) is 7.53. The first-order valence-electron chi connectivity index (χ1n) is 8.22. The first kappa shape index (κ1) is 17.2. The Balaban J connectivity index is 1.75. The van der Waals surface area contributed by atoms with Crippen molar-refractivity contribution in [2.45, 2.75) is 19.9 Å². The fourth-order valence-corrected chi connectivity index (χ4v) is 2.74. The number of halogens is 1. The van der Waals surface area contributed by atoms with Crippen LogP contribution in [0.25, 0.3) is 17.1 Å². The molecule has 0 unspecified atom stereocenters. The summed E-state index contributed by atoms with van der Waals surface area (Å²) in [5.41, 5.74) is 2.78. The van der Waals surface area contributed by atoms with Crippen LogP contribution >= 0.6 is 11.6 Å². The molecule has 0 bridgehead atoms. The number of hydrogen-bond acceptors (Lipinski definition) is 2. The molecule has 4 nitrogen and oxygen atoms in total. The van der Waals surface area contributed by atoms with E-state index in [1.54, 1.807) is 18.2 Å². The first-order chi connectivity index (χ1) is 12.0. The summed E-state index contributed by atoms with van der Waals surface area (Å²) in [7, 11) is 0. The summed E-state index contributed by atoms with van der Waals surface area (Å²) >= 11 is 5.87. The molecule has 0 aliphatic rings. The van der Waals surface area contributed by atoms with Crippen LogP contribution < -0.4 is 5.32 Å². The minimum atomic E-state index is -0.185. The summed E-state index contributed by atoms with van der Waals surface area (Å²) in [6.45, 7) is 4.11. The van der Waals surface area contributed by atoms with Crippen LogP contribution in [0, 0.1) is 5.92 Å². The predicted octanol–water partition coefficient (Wildman–Crippen LogP) is 4.74. The fourth-order valence-electron chi connectivity index (χ4n) is 2.62. The van der Waals surface area contributed by atoms with Crippen LogP contribution in [0.2, 0.25) is 5.02 Å². The number of aromatic nitrogens is 2. The normalized spacial score (nSPS) is 12.8. The van der Waals surface area contributed by atoms with Gasteiger partial charge >= 0.3 is 0 Å². The number of aromatic amines is 1. The van der Waals surface area contributed by atoms with E-state index in [0.29, 0.717) is 5.02 Å². The molecule has 5 heteroatoms. The molecular formula is C20H20ClN3O. The second-order valence-electron chi connectivity index (χ2n) is 6.25. The Hall–Kier alpha value is -2.59. The van der Waals surface area contributed by atoms with Gasteiger partial charge in [-0.25, -0.2) is 4.98 Å². The third kappa shape index (κ3) is 4.28. The summed E-state index contributed by atoms with van der Waals surface area (Å²) in [5.74, 6) is 0.812. The van der Waals surface area contributed by atoms with Gasteiger partial charge < -0.3 is 10.3 Å². The highest BCUT2D eigenvalue weighted by Gasteiger charge is 2.20. The SMILES string of the molecule is CC(C)[C@H](NC(=O)/C=C/c1ccc(Cl)cc1)c1nc2ccccc2[nH]1. The summed E-state index contributed by atoms with van der Waals surface area (Å²) in [4.78, 5) is 20.2. The van der Waals surface area contributed by atoms with Crippen LogP contribution in [0.15, 0.2) is 54.6 Å². The molecule has 1 atom stereocenters. The van der Waals surface area contributed by atoms with Gasteiger partial charge in [-0.3, -0.25) is 4.79 Å². The van der Waals surface area contributed by atoms with E-state index >= 15 is 0 Å². The Kier molecular flexibility index (Phi) is 5.19. The molecule has 25 heavy (non-hydrogen) atoms. The molecule has 0 saturated heterocycles. The molecule has 2 N–H and O–H groups in total. The minimum Gasteiger partial charge on any atom is -0.342 e. The van der Waals surface area contributed by atoms with E-state index in [1.807, 2.05) is 36.4 Å². The van der Waals surface area contributed by atoms with Crippen LogP contribution in [-0.2, 0) is 4.79 Å². The zero-order chi connectivity index (χ0) is 17.8. The molecule has 2 aromatic carbocycles. The molecule has 128 valence electrons. The number of benzene rings is 2. The number of fused-ring (bicyclic) bond motifs is 1. The van der Waals surface area contributed by atoms with Crippen molar-refractivity contribution >= 4 is 34.6 Å². The maximum absolute atomic E-state index is 12.3. The Bertz CT molecular complexity index is 864. The maximum Gasteiger partial charge on any atom is 0.244 e. The molecule has 0 saturated carbocycles. The molecule has 3 aromatic rings. The average molecular weight is 354 g/mol. The number of rotatable bonds is 5. The molecule has 0 radical (unpaired) electrons. The Labute approximate surface area is 151 Å². The number of hydrogen-bond donors (Lipinski definition) is 2. The number of imidazole rings is 1. The van der Waals surface area contributed by atoms with Gasteiger partial charge in [-0.2, -0.15) is 0 Å². The van der Waals surface area contributed by atoms with Crippen molar-refractivity contribution in [3.8, 4) is 0 Å². The lowest BCUT2D eigenvalue weighted by Gasteiger charge is -2.19. The summed E-state index contributed by atoms with van der Waals surface area (Å²) in [5, 5.41) is 3.70. The van der Waals surface area contributed by atoms with E-state index in [2.05, 4.69) is 29.1 Å². The fraction of sp³-hybridized carbons (Fsp3) is 0.200. The summed E-state index contributed by atoms with van der Waals surface area (Å²) in [6.07, 6.45) is 3.29. The molecule has 3 rings (SSSR count). The van der Waals surface area contributed by atoms with Crippen LogP contribution in [0.5, 0.6) is 0 Å².